The van der Waals surface area contributed by atoms with Crippen LogP contribution in [0.3, 0.4) is 0 Å². The van der Waals surface area contributed by atoms with Gasteiger partial charge in [-0.3, -0.25) is 0 Å². The summed E-state index contributed by atoms with van der Waals surface area (Å²) in [4.78, 5) is 11.2. The fourth-order valence-electron chi connectivity index (χ4n) is 3.37. The Bertz CT molecular complexity index is 1140. The third-order valence-corrected chi connectivity index (χ3v) is 5.33. The van der Waals surface area contributed by atoms with Crippen LogP contribution in [0.1, 0.15) is 15.9 Å². The van der Waals surface area contributed by atoms with Gasteiger partial charge in [-0.2, -0.15) is 0 Å². The largest absolute Gasteiger partial charge is 0.478 e. The molecule has 0 saturated carbocycles. The fraction of sp³-hybridized carbons (Fsp3) is 0.0417. The van der Waals surface area contributed by atoms with E-state index in [-0.39, 0.29) is 5.56 Å². The molecule has 0 saturated heterocycles. The van der Waals surface area contributed by atoms with Crippen molar-refractivity contribution in [1.82, 2.24) is 4.57 Å². The number of hydrogen-bond donors (Lipinski definition) is 1. The first-order valence-electron chi connectivity index (χ1n) is 8.92. The number of benzene rings is 3. The molecule has 0 atom stereocenters. The van der Waals surface area contributed by atoms with Gasteiger partial charge in [-0.1, -0.05) is 58.4 Å². The van der Waals surface area contributed by atoms with Gasteiger partial charge < -0.3 is 9.67 Å². The van der Waals surface area contributed by atoms with E-state index in [0.29, 0.717) is 0 Å². The molecule has 0 unspecified atom stereocenters. The van der Waals surface area contributed by atoms with E-state index in [1.54, 1.807) is 12.1 Å². The average Bonchev–Trinajstić information content (AvgIpc) is 3.14. The lowest BCUT2D eigenvalue weighted by Crippen LogP contribution is -2.02. The number of aromatic carboxylic acids is 1. The highest BCUT2D eigenvalue weighted by Crippen LogP contribution is 2.34. The predicted molar refractivity (Wildman–Crippen MR) is 116 cm³/mol. The number of nitrogens with zero attached hydrogens (tertiary/aromatic N) is 1. The number of rotatable bonds is 4. The first-order valence-corrected chi connectivity index (χ1v) is 9.71. The number of aromatic nitrogens is 1. The quantitative estimate of drug-likeness (QED) is 0.396. The molecule has 4 aromatic rings. The molecule has 0 radical (unpaired) electrons. The van der Waals surface area contributed by atoms with E-state index >= 15 is 0 Å². The molecule has 1 aromatic heterocycles. The Morgan fingerprint density at radius 3 is 1.86 bits per heavy atom. The zero-order valence-corrected chi connectivity index (χ0v) is 16.8. The maximum Gasteiger partial charge on any atom is 0.335 e. The Labute approximate surface area is 172 Å². The number of hydrogen-bond acceptors (Lipinski definition) is 1. The molecular formula is C24H18BrNO2. The first kappa shape index (κ1) is 18.3. The lowest BCUT2D eigenvalue weighted by molar-refractivity contribution is 0.0697. The summed E-state index contributed by atoms with van der Waals surface area (Å²) in [6.07, 6.45) is 0. The van der Waals surface area contributed by atoms with Crippen LogP contribution in [0.5, 0.6) is 0 Å². The Morgan fingerprint density at radius 2 is 1.32 bits per heavy atom. The normalized spacial score (nSPS) is 10.8. The number of para-hydroxylation sites is 1. The molecule has 3 aromatic carbocycles. The lowest BCUT2D eigenvalue weighted by atomic mass is 10.1. The summed E-state index contributed by atoms with van der Waals surface area (Å²) in [5.74, 6) is -0.920. The van der Waals surface area contributed by atoms with Crippen LogP contribution in [0.25, 0.3) is 28.2 Å². The molecule has 1 heterocycles. The molecule has 28 heavy (non-hydrogen) atoms. The predicted octanol–water partition coefficient (Wildman–Crippen LogP) is 6.58. The highest BCUT2D eigenvalue weighted by atomic mass is 79.9. The maximum absolute atomic E-state index is 11.2. The molecule has 1 N–H and O–H groups in total. The molecular weight excluding hydrogens is 414 g/mol. The van der Waals surface area contributed by atoms with Crippen LogP contribution in [0.2, 0.25) is 0 Å². The molecule has 0 spiro atoms. The molecule has 4 rings (SSSR count). The van der Waals surface area contributed by atoms with Crippen LogP contribution >= 0.6 is 15.9 Å². The second-order valence-corrected chi connectivity index (χ2v) is 7.53. The maximum atomic E-state index is 11.2. The number of aryl methyl sites for hydroxylation is 1. The van der Waals surface area contributed by atoms with Crippen molar-refractivity contribution in [3.63, 3.8) is 0 Å². The van der Waals surface area contributed by atoms with Crippen molar-refractivity contribution in [2.45, 2.75) is 6.92 Å². The number of carbonyl (C=O) groups is 1. The van der Waals surface area contributed by atoms with Gasteiger partial charge in [0.2, 0.25) is 0 Å². The highest BCUT2D eigenvalue weighted by Gasteiger charge is 2.15. The van der Waals surface area contributed by atoms with E-state index < -0.39 is 5.97 Å². The van der Waals surface area contributed by atoms with Crippen LogP contribution in [-0.2, 0) is 0 Å². The van der Waals surface area contributed by atoms with E-state index in [0.717, 1.165) is 32.7 Å². The van der Waals surface area contributed by atoms with Gasteiger partial charge in [0.15, 0.2) is 0 Å². The van der Waals surface area contributed by atoms with Gasteiger partial charge in [0.1, 0.15) is 0 Å². The second-order valence-electron chi connectivity index (χ2n) is 6.62. The van der Waals surface area contributed by atoms with Crippen LogP contribution in [0, 0.1) is 6.92 Å². The Balaban J connectivity index is 1.93. The summed E-state index contributed by atoms with van der Waals surface area (Å²) >= 11 is 3.50. The van der Waals surface area contributed by atoms with E-state index in [1.165, 1.54) is 5.56 Å². The summed E-state index contributed by atoms with van der Waals surface area (Å²) in [6.45, 7) is 2.10. The van der Waals surface area contributed by atoms with Gasteiger partial charge in [-0.05, 0) is 66.1 Å². The van der Waals surface area contributed by atoms with Crippen molar-refractivity contribution in [3.05, 3.63) is 101 Å². The third-order valence-electron chi connectivity index (χ3n) is 4.80. The van der Waals surface area contributed by atoms with E-state index in [2.05, 4.69) is 63.8 Å². The van der Waals surface area contributed by atoms with Gasteiger partial charge in [-0.15, -0.1) is 0 Å². The summed E-state index contributed by atoms with van der Waals surface area (Å²) < 4.78 is 3.27. The zero-order valence-electron chi connectivity index (χ0n) is 15.3. The summed E-state index contributed by atoms with van der Waals surface area (Å²) in [5, 5.41) is 9.18. The van der Waals surface area contributed by atoms with Gasteiger partial charge in [0.25, 0.3) is 0 Å². The summed E-state index contributed by atoms with van der Waals surface area (Å²) in [5.41, 5.74) is 6.73. The van der Waals surface area contributed by atoms with Crippen LogP contribution in [-0.4, -0.2) is 15.6 Å². The monoisotopic (exact) mass is 431 g/mol. The SMILES string of the molecule is Cc1ccccc1-n1c(-c2ccc(Br)cc2)ccc1-c1ccc(C(=O)O)cc1. The smallest absolute Gasteiger partial charge is 0.335 e. The molecule has 0 aliphatic heterocycles. The summed E-state index contributed by atoms with van der Waals surface area (Å²) in [6, 6.07) is 27.7. The fourth-order valence-corrected chi connectivity index (χ4v) is 3.63. The topological polar surface area (TPSA) is 42.2 Å². The first-order chi connectivity index (χ1) is 13.5. The Hall–Kier alpha value is -3.11. The van der Waals surface area contributed by atoms with Crippen LogP contribution in [0.15, 0.2) is 89.4 Å². The minimum absolute atomic E-state index is 0.283. The molecule has 0 aliphatic carbocycles. The average molecular weight is 432 g/mol. The van der Waals surface area contributed by atoms with Gasteiger partial charge in [0.05, 0.1) is 17.0 Å². The van der Waals surface area contributed by atoms with E-state index in [1.807, 2.05) is 36.4 Å². The van der Waals surface area contributed by atoms with Crippen molar-refractivity contribution in [3.8, 4) is 28.2 Å². The number of halogens is 1. The molecule has 4 heteroatoms. The van der Waals surface area contributed by atoms with Crippen LogP contribution in [0.4, 0.5) is 0 Å². The van der Waals surface area contributed by atoms with Gasteiger partial charge >= 0.3 is 5.97 Å². The number of carboxylic acid groups (broad SMARTS) is 1. The molecule has 0 aliphatic rings. The second kappa shape index (κ2) is 7.49. The van der Waals surface area contributed by atoms with Crippen molar-refractivity contribution in [2.75, 3.05) is 0 Å². The van der Waals surface area contributed by atoms with Crippen molar-refractivity contribution in [1.29, 1.82) is 0 Å². The van der Waals surface area contributed by atoms with Crippen molar-refractivity contribution >= 4 is 21.9 Å². The minimum Gasteiger partial charge on any atom is -0.478 e. The molecule has 0 bridgehead atoms. The van der Waals surface area contributed by atoms with Gasteiger partial charge in [0, 0.05) is 10.2 Å². The van der Waals surface area contributed by atoms with Crippen LogP contribution < -0.4 is 0 Å². The number of carboxylic acids is 1. The Morgan fingerprint density at radius 1 is 0.786 bits per heavy atom. The van der Waals surface area contributed by atoms with E-state index in [9.17, 15) is 9.90 Å². The van der Waals surface area contributed by atoms with Gasteiger partial charge in [-0.25, -0.2) is 4.79 Å². The zero-order chi connectivity index (χ0) is 19.7. The van der Waals surface area contributed by atoms with Crippen molar-refractivity contribution < 1.29 is 9.90 Å². The molecule has 138 valence electrons. The highest BCUT2D eigenvalue weighted by molar-refractivity contribution is 9.10. The minimum atomic E-state index is -0.920. The van der Waals surface area contributed by atoms with E-state index in [4.69, 9.17) is 0 Å². The standard InChI is InChI=1S/C24H18BrNO2/c1-16-4-2-3-5-21(16)26-22(17-6-8-19(9-7-17)24(27)28)14-15-23(26)18-10-12-20(25)13-11-18/h2-15H,1H3,(H,27,28). The molecule has 3 nitrogen and oxygen atoms in total. The molecule has 0 fully saturated rings. The Kier molecular flexibility index (Phi) is 4.88. The third kappa shape index (κ3) is 3.39. The molecule has 0 amide bonds. The lowest BCUT2D eigenvalue weighted by Gasteiger charge is -2.16. The van der Waals surface area contributed by atoms with Crippen molar-refractivity contribution in [2.24, 2.45) is 0 Å². The summed E-state index contributed by atoms with van der Waals surface area (Å²) in [7, 11) is 0.